The van der Waals surface area contributed by atoms with Crippen LogP contribution in [0.15, 0.2) is 48.5 Å². The van der Waals surface area contributed by atoms with Gasteiger partial charge in [0, 0.05) is 0 Å². The highest BCUT2D eigenvalue weighted by Gasteiger charge is 2.35. The van der Waals surface area contributed by atoms with Crippen molar-refractivity contribution in [2.75, 3.05) is 0 Å². The van der Waals surface area contributed by atoms with Gasteiger partial charge in [0.15, 0.2) is 46.5 Å². The minimum atomic E-state index is -5.46. The number of nitriles is 3. The Bertz CT molecular complexity index is 2820. The van der Waals surface area contributed by atoms with Gasteiger partial charge < -0.3 is 0 Å². The van der Waals surface area contributed by atoms with E-state index in [2.05, 4.69) is 14.5 Å². The Morgan fingerprint density at radius 2 is 0.800 bits per heavy atom. The normalized spacial score (nSPS) is 12.3. The van der Waals surface area contributed by atoms with E-state index < -0.39 is 148 Å². The molecular weight excluding hydrogens is 830 g/mol. The van der Waals surface area contributed by atoms with Crippen LogP contribution in [0.5, 0.6) is 0 Å². The van der Waals surface area contributed by atoms with E-state index in [1.54, 1.807) is 0 Å². The molecule has 0 aliphatic rings. The number of rotatable bonds is 4. The highest BCUT2D eigenvalue weighted by atomic mass is 19.4. The van der Waals surface area contributed by atoms with Crippen LogP contribution in [0.1, 0.15) is 16.7 Å². The molecule has 0 heterocycles. The Morgan fingerprint density at radius 1 is 0.467 bits per heavy atom. The Hall–Kier alpha value is -8.20. The number of hydrogen-bond acceptors (Lipinski definition) is 3. The third kappa shape index (κ3) is 7.26. The summed E-state index contributed by atoms with van der Waals surface area (Å²) in [5, 5.41) is 27.0. The summed E-state index contributed by atoms with van der Waals surface area (Å²) in [7, 11) is 0. The standard InChI is InChI=1S/C40H8F14N6/c1-58-26(13-56)23-11-22(16-5-18(9-20(7-16)40(52,53)54)29-34(45)36(47)38(60-3)37(48)35(29)46)24(27(14-57)59-2)10-21(23)15-4-17(8-19(6-15)39(49,50)51)28-32(43)30(41)25(12-55)31(42)33(28)44/h4-11H/b26-23+,27-24-. The predicted molar refractivity (Wildman–Crippen MR) is 179 cm³/mol. The molecule has 0 aromatic heterocycles. The SMILES string of the molecule is [C-]#[N+]/C(C#N)=c1/cc(-c2cc(-c3c(F)c(F)c(C#N)c(F)c3F)cc(C(F)(F)F)c2)/c(=C(\C#N)[N+]#[C-])cc1-c1cc(-c2c(F)c(F)c([N+]#[C-])c(F)c2F)cc(C(F)(F)F)c1. The van der Waals surface area contributed by atoms with Crippen LogP contribution >= 0.6 is 0 Å². The second-order valence-electron chi connectivity index (χ2n) is 11.9. The van der Waals surface area contributed by atoms with Crippen LogP contribution in [-0.2, 0) is 12.4 Å². The number of hydrogen-bond donors (Lipinski definition) is 0. The summed E-state index contributed by atoms with van der Waals surface area (Å²) in [6.45, 7) is 21.9. The van der Waals surface area contributed by atoms with E-state index >= 15 is 17.6 Å². The summed E-state index contributed by atoms with van der Waals surface area (Å²) in [6, 6.07) is 6.01. The molecule has 20 heteroatoms. The molecule has 0 spiro atoms. The van der Waals surface area contributed by atoms with Crippen LogP contribution in [0.3, 0.4) is 0 Å². The minimum Gasteiger partial charge on any atom is -0.232 e. The van der Waals surface area contributed by atoms with Gasteiger partial charge in [-0.3, -0.25) is 0 Å². The molecule has 0 N–H and O–H groups in total. The molecule has 5 rings (SSSR count). The first kappa shape index (κ1) is 42.9. The van der Waals surface area contributed by atoms with Gasteiger partial charge in [-0.05, 0) is 80.2 Å². The zero-order chi connectivity index (χ0) is 44.8. The molecule has 60 heavy (non-hydrogen) atoms. The van der Waals surface area contributed by atoms with Gasteiger partial charge in [0.05, 0.1) is 54.1 Å². The molecule has 0 aliphatic heterocycles. The molecule has 0 radical (unpaired) electrons. The topological polar surface area (TPSA) is 84.4 Å². The largest absolute Gasteiger partial charge is 0.416 e. The molecule has 0 amide bonds. The summed E-state index contributed by atoms with van der Waals surface area (Å²) in [5.41, 5.74) is -19.0. The van der Waals surface area contributed by atoms with Crippen LogP contribution in [0, 0.1) is 100 Å². The van der Waals surface area contributed by atoms with Crippen molar-refractivity contribution in [2.24, 2.45) is 0 Å². The van der Waals surface area contributed by atoms with Gasteiger partial charge in [0.1, 0.15) is 11.6 Å². The van der Waals surface area contributed by atoms with Crippen molar-refractivity contribution in [3.63, 3.8) is 0 Å². The number of alkyl halides is 6. The smallest absolute Gasteiger partial charge is 0.232 e. The van der Waals surface area contributed by atoms with Crippen molar-refractivity contribution in [3.8, 4) is 62.7 Å². The first-order valence-electron chi connectivity index (χ1n) is 15.5. The second-order valence-corrected chi connectivity index (χ2v) is 11.9. The fraction of sp³-hybridized carbons (Fsp3) is 0.0500. The molecule has 6 nitrogen and oxygen atoms in total. The Labute approximate surface area is 325 Å². The van der Waals surface area contributed by atoms with E-state index in [9.17, 15) is 54.4 Å². The molecule has 0 fully saturated rings. The molecular formula is C40H8F14N6. The highest BCUT2D eigenvalue weighted by molar-refractivity contribution is 5.86. The Morgan fingerprint density at radius 3 is 1.08 bits per heavy atom. The summed E-state index contributed by atoms with van der Waals surface area (Å²) in [4.78, 5) is 8.18. The minimum absolute atomic E-state index is 0.0133. The quantitative estimate of drug-likeness (QED) is 0.103. The first-order valence-corrected chi connectivity index (χ1v) is 15.5. The van der Waals surface area contributed by atoms with Crippen molar-refractivity contribution in [1.29, 1.82) is 15.8 Å². The van der Waals surface area contributed by atoms with Crippen LogP contribution in [-0.4, -0.2) is 0 Å². The number of benzene rings is 5. The van der Waals surface area contributed by atoms with Crippen molar-refractivity contribution in [1.82, 2.24) is 0 Å². The van der Waals surface area contributed by atoms with E-state index in [1.807, 2.05) is 0 Å². The summed E-state index contributed by atoms with van der Waals surface area (Å²) >= 11 is 0. The van der Waals surface area contributed by atoms with Crippen LogP contribution in [0.4, 0.5) is 67.2 Å². The average molecular weight is 839 g/mol. The molecule has 5 aromatic carbocycles. The molecule has 0 atom stereocenters. The van der Waals surface area contributed by atoms with Crippen molar-refractivity contribution >= 4 is 17.1 Å². The van der Waals surface area contributed by atoms with E-state index in [0.29, 0.717) is 24.3 Å². The second kappa shape index (κ2) is 15.6. The summed E-state index contributed by atoms with van der Waals surface area (Å²) < 4.78 is 206. The maximum atomic E-state index is 15.2. The van der Waals surface area contributed by atoms with E-state index in [0.717, 1.165) is 6.07 Å². The molecule has 296 valence electrons. The van der Waals surface area contributed by atoms with Crippen molar-refractivity contribution in [2.45, 2.75) is 12.4 Å². The zero-order valence-corrected chi connectivity index (χ0v) is 28.6. The monoisotopic (exact) mass is 838 g/mol. The summed E-state index contributed by atoms with van der Waals surface area (Å²) in [6.07, 6.45) is -10.9. The number of nitrogens with zero attached hydrogens (tertiary/aromatic N) is 6. The zero-order valence-electron chi connectivity index (χ0n) is 28.6. The maximum absolute atomic E-state index is 15.2. The third-order valence-corrected chi connectivity index (χ3v) is 8.55. The Kier molecular flexibility index (Phi) is 11.2. The lowest BCUT2D eigenvalue weighted by atomic mass is 9.89. The molecule has 5 aromatic rings. The molecule has 0 unspecified atom stereocenters. The number of halogens is 14. The van der Waals surface area contributed by atoms with Gasteiger partial charge in [-0.1, -0.05) is 12.1 Å². The fourth-order valence-electron chi connectivity index (χ4n) is 5.90. The molecule has 0 saturated carbocycles. The van der Waals surface area contributed by atoms with Gasteiger partial charge in [-0.2, -0.15) is 31.6 Å². The van der Waals surface area contributed by atoms with Crippen molar-refractivity contribution < 1.29 is 61.5 Å². The lowest BCUT2D eigenvalue weighted by Gasteiger charge is -2.17. The molecule has 0 saturated heterocycles. The fourth-order valence-corrected chi connectivity index (χ4v) is 5.90. The molecule has 0 aliphatic carbocycles. The van der Waals surface area contributed by atoms with Crippen molar-refractivity contribution in [3.05, 3.63) is 156 Å². The van der Waals surface area contributed by atoms with Crippen LogP contribution in [0.2, 0.25) is 0 Å². The Balaban J connectivity index is 2.03. The average Bonchev–Trinajstić information content (AvgIpc) is 3.20. The lowest BCUT2D eigenvalue weighted by molar-refractivity contribution is -0.138. The van der Waals surface area contributed by atoms with Gasteiger partial charge >= 0.3 is 12.4 Å². The van der Waals surface area contributed by atoms with Gasteiger partial charge in [0.25, 0.3) is 17.1 Å². The van der Waals surface area contributed by atoms with Gasteiger partial charge in [0.2, 0.25) is 0 Å². The lowest BCUT2D eigenvalue weighted by Crippen LogP contribution is -2.19. The third-order valence-electron chi connectivity index (χ3n) is 8.55. The van der Waals surface area contributed by atoms with Crippen LogP contribution < -0.4 is 10.4 Å². The van der Waals surface area contributed by atoms with E-state index in [-0.39, 0.29) is 24.3 Å². The highest BCUT2D eigenvalue weighted by Crippen LogP contribution is 2.42. The maximum Gasteiger partial charge on any atom is 0.416 e. The summed E-state index contributed by atoms with van der Waals surface area (Å²) in [5.74, 6) is -18.6. The predicted octanol–water partition coefficient (Wildman–Crippen LogP) is 11.0. The van der Waals surface area contributed by atoms with Crippen LogP contribution in [0.25, 0.3) is 70.4 Å². The first-order chi connectivity index (χ1) is 28.1. The van der Waals surface area contributed by atoms with Gasteiger partial charge in [-0.25, -0.2) is 60.2 Å². The molecule has 0 bridgehead atoms. The van der Waals surface area contributed by atoms with Gasteiger partial charge in [-0.15, -0.1) is 0 Å². The van der Waals surface area contributed by atoms with E-state index in [4.69, 9.17) is 25.0 Å². The van der Waals surface area contributed by atoms with E-state index in [1.165, 1.54) is 12.1 Å².